The average molecular weight is 398 g/mol. The number of aliphatic imine (C=N–C) groups is 1. The molecule has 1 aromatic rings. The van der Waals surface area contributed by atoms with Crippen molar-refractivity contribution in [3.05, 3.63) is 35.9 Å². The lowest BCUT2D eigenvalue weighted by Crippen LogP contribution is -2.59. The first-order valence-electron chi connectivity index (χ1n) is 9.87. The summed E-state index contributed by atoms with van der Waals surface area (Å²) in [5.74, 6) is -1.73. The lowest BCUT2D eigenvalue weighted by atomic mass is 9.78. The summed E-state index contributed by atoms with van der Waals surface area (Å²) in [5, 5.41) is 0. The minimum absolute atomic E-state index is 0.230. The third-order valence-corrected chi connectivity index (χ3v) is 6.60. The number of likely N-dealkylation sites (tertiary alicyclic amines) is 1. The number of ether oxygens (including phenoxy) is 1. The molecule has 2 amide bonds. The molecule has 0 spiro atoms. The van der Waals surface area contributed by atoms with Gasteiger partial charge in [-0.15, -0.1) is 0 Å². The predicted octanol–water partition coefficient (Wildman–Crippen LogP) is 0.725. The van der Waals surface area contributed by atoms with E-state index in [9.17, 15) is 14.4 Å². The van der Waals surface area contributed by atoms with Crippen molar-refractivity contribution < 1.29 is 19.1 Å². The maximum Gasteiger partial charge on any atom is 0.332 e. The monoisotopic (exact) mass is 398 g/mol. The molecule has 0 saturated carbocycles. The number of likely N-dealkylation sites (N-methyl/N-ethyl adjacent to an activating group) is 1. The Kier molecular flexibility index (Phi) is 4.59. The Morgan fingerprint density at radius 2 is 1.90 bits per heavy atom. The van der Waals surface area contributed by atoms with Crippen molar-refractivity contribution in [2.45, 2.75) is 31.5 Å². The third kappa shape index (κ3) is 2.51. The summed E-state index contributed by atoms with van der Waals surface area (Å²) < 4.78 is 5.17. The molecular weight excluding hydrogens is 372 g/mol. The minimum atomic E-state index is -1.23. The summed E-state index contributed by atoms with van der Waals surface area (Å²) in [6, 6.07) is 9.54. The molecule has 154 valence electrons. The Labute approximate surface area is 170 Å². The molecule has 8 nitrogen and oxygen atoms in total. The maximum atomic E-state index is 13.1. The van der Waals surface area contributed by atoms with Gasteiger partial charge in [0.15, 0.2) is 11.5 Å². The highest BCUT2D eigenvalue weighted by Crippen LogP contribution is 2.53. The van der Waals surface area contributed by atoms with Crippen LogP contribution in [-0.4, -0.2) is 77.8 Å². The SMILES string of the molecule is CC[C@]1(C(=O)OC)[C@H]2C(=O)N(C)C(=O)[C@H]2[C@H]2CN(C)C(=NCc3ccccc3)N21. The van der Waals surface area contributed by atoms with Crippen molar-refractivity contribution in [3.63, 3.8) is 0 Å². The van der Waals surface area contributed by atoms with Gasteiger partial charge in [0.25, 0.3) is 0 Å². The molecule has 3 aliphatic rings. The highest BCUT2D eigenvalue weighted by molar-refractivity contribution is 6.11. The molecule has 3 aliphatic heterocycles. The van der Waals surface area contributed by atoms with Crippen molar-refractivity contribution in [3.8, 4) is 0 Å². The number of nitrogens with zero attached hydrogens (tertiary/aromatic N) is 4. The molecule has 8 heteroatoms. The fourth-order valence-electron chi connectivity index (χ4n) is 5.28. The van der Waals surface area contributed by atoms with Crippen LogP contribution in [0.15, 0.2) is 35.3 Å². The van der Waals surface area contributed by atoms with Crippen molar-refractivity contribution in [2.24, 2.45) is 16.8 Å². The number of hydrogen-bond donors (Lipinski definition) is 0. The number of imide groups is 1. The van der Waals surface area contributed by atoms with Crippen LogP contribution in [0.5, 0.6) is 0 Å². The van der Waals surface area contributed by atoms with E-state index in [0.717, 1.165) is 5.56 Å². The minimum Gasteiger partial charge on any atom is -0.467 e. The van der Waals surface area contributed by atoms with Gasteiger partial charge in [-0.2, -0.15) is 0 Å². The summed E-state index contributed by atoms with van der Waals surface area (Å²) in [7, 11) is 4.72. The summed E-state index contributed by atoms with van der Waals surface area (Å²) in [6.07, 6.45) is 0.350. The first kappa shape index (κ1) is 19.4. The van der Waals surface area contributed by atoms with E-state index in [1.165, 1.54) is 19.1 Å². The van der Waals surface area contributed by atoms with Crippen LogP contribution in [0.3, 0.4) is 0 Å². The van der Waals surface area contributed by atoms with Gasteiger partial charge >= 0.3 is 5.97 Å². The molecular formula is C21H26N4O4. The van der Waals surface area contributed by atoms with Crippen LogP contribution in [-0.2, 0) is 25.7 Å². The van der Waals surface area contributed by atoms with E-state index in [0.29, 0.717) is 25.5 Å². The van der Waals surface area contributed by atoms with E-state index in [1.54, 1.807) is 0 Å². The lowest BCUT2D eigenvalue weighted by molar-refractivity contribution is -0.158. The van der Waals surface area contributed by atoms with Gasteiger partial charge in [0.2, 0.25) is 11.8 Å². The number of carbonyl (C=O) groups excluding carboxylic acids is 3. The Balaban J connectivity index is 1.82. The van der Waals surface area contributed by atoms with E-state index in [2.05, 4.69) is 0 Å². The molecule has 0 bridgehead atoms. The molecule has 3 saturated heterocycles. The molecule has 4 atom stereocenters. The zero-order chi connectivity index (χ0) is 20.9. The summed E-state index contributed by atoms with van der Waals surface area (Å²) >= 11 is 0. The number of rotatable bonds is 4. The van der Waals surface area contributed by atoms with Crippen molar-refractivity contribution in [1.29, 1.82) is 0 Å². The van der Waals surface area contributed by atoms with Crippen molar-refractivity contribution in [2.75, 3.05) is 27.7 Å². The molecule has 0 unspecified atom stereocenters. The van der Waals surface area contributed by atoms with Crippen LogP contribution in [0.25, 0.3) is 0 Å². The van der Waals surface area contributed by atoms with Gasteiger partial charge in [0.05, 0.1) is 31.5 Å². The molecule has 0 radical (unpaired) electrons. The van der Waals surface area contributed by atoms with Crippen LogP contribution >= 0.6 is 0 Å². The fraction of sp³-hybridized carbons (Fsp3) is 0.524. The molecule has 29 heavy (non-hydrogen) atoms. The second kappa shape index (κ2) is 6.86. The second-order valence-electron chi connectivity index (χ2n) is 7.93. The van der Waals surface area contributed by atoms with Crippen LogP contribution in [0, 0.1) is 11.8 Å². The molecule has 4 rings (SSSR count). The van der Waals surface area contributed by atoms with E-state index < -0.39 is 23.3 Å². The van der Waals surface area contributed by atoms with E-state index in [1.807, 2.05) is 54.1 Å². The highest BCUT2D eigenvalue weighted by atomic mass is 16.5. The number of amides is 2. The normalized spacial score (nSPS) is 32.2. The number of esters is 1. The number of hydrogen-bond acceptors (Lipinski definition) is 5. The number of benzene rings is 1. The Morgan fingerprint density at radius 3 is 2.52 bits per heavy atom. The summed E-state index contributed by atoms with van der Waals surface area (Å²) in [4.78, 5) is 48.9. The zero-order valence-corrected chi connectivity index (χ0v) is 17.2. The van der Waals surface area contributed by atoms with Crippen LogP contribution < -0.4 is 0 Å². The van der Waals surface area contributed by atoms with E-state index in [-0.39, 0.29) is 17.9 Å². The van der Waals surface area contributed by atoms with E-state index >= 15 is 0 Å². The van der Waals surface area contributed by atoms with Crippen LogP contribution in [0.2, 0.25) is 0 Å². The van der Waals surface area contributed by atoms with Gasteiger partial charge in [-0.05, 0) is 12.0 Å². The molecule has 0 aliphatic carbocycles. The quantitative estimate of drug-likeness (QED) is 0.549. The van der Waals surface area contributed by atoms with Crippen molar-refractivity contribution in [1.82, 2.24) is 14.7 Å². The molecule has 1 aromatic carbocycles. The van der Waals surface area contributed by atoms with Gasteiger partial charge in [-0.3, -0.25) is 14.5 Å². The van der Waals surface area contributed by atoms with Gasteiger partial charge in [-0.25, -0.2) is 9.79 Å². The maximum absolute atomic E-state index is 13.1. The second-order valence-corrected chi connectivity index (χ2v) is 7.93. The predicted molar refractivity (Wildman–Crippen MR) is 106 cm³/mol. The molecule has 3 fully saturated rings. The lowest BCUT2D eigenvalue weighted by Gasteiger charge is -2.39. The number of guanidine groups is 1. The van der Waals surface area contributed by atoms with Crippen LogP contribution in [0.4, 0.5) is 0 Å². The molecule has 0 N–H and O–H groups in total. The van der Waals surface area contributed by atoms with Gasteiger partial charge < -0.3 is 14.5 Å². The summed E-state index contributed by atoms with van der Waals surface area (Å²) in [5.41, 5.74) is -0.190. The number of carbonyl (C=O) groups is 3. The molecule has 3 heterocycles. The van der Waals surface area contributed by atoms with Gasteiger partial charge in [-0.1, -0.05) is 37.3 Å². The summed E-state index contributed by atoms with van der Waals surface area (Å²) in [6.45, 7) is 2.84. The van der Waals surface area contributed by atoms with Gasteiger partial charge in [0.1, 0.15) is 0 Å². The smallest absolute Gasteiger partial charge is 0.332 e. The number of methoxy groups -OCH3 is 1. The molecule has 0 aromatic heterocycles. The van der Waals surface area contributed by atoms with Gasteiger partial charge in [0, 0.05) is 20.6 Å². The fourth-order valence-corrected chi connectivity index (χ4v) is 5.28. The van der Waals surface area contributed by atoms with Crippen LogP contribution in [0.1, 0.15) is 18.9 Å². The first-order valence-corrected chi connectivity index (χ1v) is 9.87. The Morgan fingerprint density at radius 1 is 1.21 bits per heavy atom. The average Bonchev–Trinajstić information content (AvgIpc) is 3.29. The largest absolute Gasteiger partial charge is 0.467 e. The zero-order valence-electron chi connectivity index (χ0n) is 17.2. The standard InChI is InChI=1S/C21H26N4O4/c1-5-21(19(28)29-4)16-15(17(26)24(3)18(16)27)14-12-23(2)20(25(14)21)22-11-13-9-7-6-8-10-13/h6-10,14-16H,5,11-12H2,1-4H3/t14-,15+,16-,21-/m1/s1. The Hall–Kier alpha value is -2.90. The highest BCUT2D eigenvalue weighted by Gasteiger charge is 2.73. The first-order chi connectivity index (χ1) is 13.9. The third-order valence-electron chi connectivity index (χ3n) is 6.60. The van der Waals surface area contributed by atoms with E-state index in [4.69, 9.17) is 9.73 Å². The Bertz CT molecular complexity index is 886. The number of fused-ring (bicyclic) bond motifs is 3. The topological polar surface area (TPSA) is 82.5 Å². The van der Waals surface area contributed by atoms with Crippen molar-refractivity contribution >= 4 is 23.7 Å².